The van der Waals surface area contributed by atoms with Crippen LogP contribution in [-0.4, -0.2) is 32.4 Å². The van der Waals surface area contributed by atoms with Gasteiger partial charge >= 0.3 is 21.5 Å². The van der Waals surface area contributed by atoms with Crippen LogP contribution in [0.3, 0.4) is 0 Å². The number of carbonyl (C=O) groups excluding carboxylic acids is 1. The minimum atomic E-state index is -5.91. The lowest BCUT2D eigenvalue weighted by Crippen LogP contribution is -2.51. The molecule has 0 aromatic carbocycles. The van der Waals surface area contributed by atoms with Crippen molar-refractivity contribution < 1.29 is 36.2 Å². The Morgan fingerprint density at radius 3 is 2.00 bits per heavy atom. The summed E-state index contributed by atoms with van der Waals surface area (Å²) in [5.41, 5.74) is -6.31. The molecule has 0 saturated heterocycles. The van der Waals surface area contributed by atoms with Gasteiger partial charge < -0.3 is 9.84 Å². The summed E-state index contributed by atoms with van der Waals surface area (Å²) in [4.78, 5) is 12.4. The summed E-state index contributed by atoms with van der Waals surface area (Å²) in [6.07, 6.45) is 5.28. The SMILES string of the molecule is O=C(OCC([O-])=NS(=O)(=O)C(F)(F)F)C12CC3CC(CC(C3)C1)C2. The molecule has 0 atom stereocenters. The van der Waals surface area contributed by atoms with Gasteiger partial charge in [0.05, 0.1) is 5.41 Å². The first-order chi connectivity index (χ1) is 11.0. The monoisotopic (exact) mass is 368 g/mol. The smallest absolute Gasteiger partial charge is 0.518 e. The summed E-state index contributed by atoms with van der Waals surface area (Å²) < 4.78 is 65.0. The lowest BCUT2D eigenvalue weighted by Gasteiger charge is -2.55. The molecule has 4 saturated carbocycles. The number of halogens is 3. The van der Waals surface area contributed by atoms with Crippen LogP contribution in [0.25, 0.3) is 0 Å². The predicted molar refractivity (Wildman–Crippen MR) is 74.0 cm³/mol. The summed E-state index contributed by atoms with van der Waals surface area (Å²) in [6, 6.07) is 0. The molecule has 0 aromatic rings. The third kappa shape index (κ3) is 3.12. The van der Waals surface area contributed by atoms with E-state index in [0.29, 0.717) is 37.0 Å². The molecule has 4 aliphatic rings. The van der Waals surface area contributed by atoms with E-state index in [9.17, 15) is 31.5 Å². The van der Waals surface area contributed by atoms with Crippen molar-refractivity contribution in [1.82, 2.24) is 0 Å². The number of carbonyl (C=O) groups is 1. The zero-order chi connectivity index (χ0) is 17.8. The highest BCUT2D eigenvalue weighted by Gasteiger charge is 2.55. The van der Waals surface area contributed by atoms with Gasteiger partial charge in [0.1, 0.15) is 6.61 Å². The molecule has 4 fully saturated rings. The highest BCUT2D eigenvalue weighted by Crippen LogP contribution is 2.60. The molecular weight excluding hydrogens is 351 g/mol. The van der Waals surface area contributed by atoms with E-state index in [1.54, 1.807) is 0 Å². The number of hydrogen-bond acceptors (Lipinski definition) is 5. The molecule has 0 N–H and O–H groups in total. The molecule has 136 valence electrons. The van der Waals surface area contributed by atoms with Gasteiger partial charge in [0.25, 0.3) is 0 Å². The molecule has 0 aliphatic heterocycles. The lowest BCUT2D eigenvalue weighted by molar-refractivity contribution is -0.224. The van der Waals surface area contributed by atoms with E-state index < -0.39 is 39.4 Å². The van der Waals surface area contributed by atoms with Crippen LogP contribution in [0.5, 0.6) is 0 Å². The van der Waals surface area contributed by atoms with Crippen LogP contribution in [0, 0.1) is 23.2 Å². The molecular formula is C14H17F3NO5S-. The van der Waals surface area contributed by atoms with E-state index in [1.165, 1.54) is 0 Å². The molecule has 0 radical (unpaired) electrons. The zero-order valence-electron chi connectivity index (χ0n) is 12.7. The van der Waals surface area contributed by atoms with Crippen LogP contribution in [0.15, 0.2) is 4.40 Å². The molecule has 0 heterocycles. The molecule has 0 spiro atoms. The third-order valence-electron chi connectivity index (χ3n) is 5.31. The number of alkyl halides is 3. The maximum absolute atomic E-state index is 12.4. The van der Waals surface area contributed by atoms with Crippen molar-refractivity contribution in [3.05, 3.63) is 0 Å². The lowest BCUT2D eigenvalue weighted by atomic mass is 9.49. The van der Waals surface area contributed by atoms with Gasteiger partial charge in [0, 0.05) is 5.90 Å². The van der Waals surface area contributed by atoms with E-state index in [0.717, 1.165) is 19.3 Å². The first-order valence-electron chi connectivity index (χ1n) is 7.75. The quantitative estimate of drug-likeness (QED) is 0.424. The minimum Gasteiger partial charge on any atom is -0.859 e. The Bertz CT molecular complexity index is 635. The second-order valence-corrected chi connectivity index (χ2v) is 8.78. The standard InChI is InChI=1S/C14H18F3NO5S/c15-14(16,17)24(21,22)18-11(19)7-23-12(20)13-4-8-1-9(5-13)3-10(2-8)6-13/h8-10H,1-7H2,(H,18,19)/p-1. The normalized spacial score (nSPS) is 36.0. The molecule has 4 aliphatic carbocycles. The average Bonchev–Trinajstić information content (AvgIpc) is 2.41. The van der Waals surface area contributed by atoms with E-state index in [4.69, 9.17) is 4.74 Å². The highest BCUT2D eigenvalue weighted by atomic mass is 32.2. The van der Waals surface area contributed by atoms with Gasteiger partial charge in [0.15, 0.2) is 0 Å². The molecule has 24 heavy (non-hydrogen) atoms. The van der Waals surface area contributed by atoms with Crippen LogP contribution in [0.2, 0.25) is 0 Å². The van der Waals surface area contributed by atoms with E-state index >= 15 is 0 Å². The van der Waals surface area contributed by atoms with Gasteiger partial charge in [0.2, 0.25) is 0 Å². The fraction of sp³-hybridized carbons (Fsp3) is 0.857. The first kappa shape index (κ1) is 17.5. The summed E-state index contributed by atoms with van der Waals surface area (Å²) >= 11 is 0. The van der Waals surface area contributed by atoms with Crippen LogP contribution >= 0.6 is 0 Å². The molecule has 0 amide bonds. The Morgan fingerprint density at radius 2 is 1.58 bits per heavy atom. The third-order valence-corrected chi connectivity index (χ3v) is 6.34. The summed E-state index contributed by atoms with van der Waals surface area (Å²) in [6.45, 7) is -1.09. The van der Waals surface area contributed by atoms with E-state index in [-0.39, 0.29) is 0 Å². The van der Waals surface area contributed by atoms with Crippen LogP contribution in [0.1, 0.15) is 38.5 Å². The number of ether oxygens (including phenoxy) is 1. The van der Waals surface area contributed by atoms with Crippen LogP contribution < -0.4 is 5.11 Å². The van der Waals surface area contributed by atoms with Gasteiger partial charge in [-0.3, -0.25) is 4.79 Å². The minimum absolute atomic E-state index is 0.454. The molecule has 4 bridgehead atoms. The van der Waals surface area contributed by atoms with Gasteiger partial charge in [-0.1, -0.05) is 0 Å². The van der Waals surface area contributed by atoms with Crippen LogP contribution in [0.4, 0.5) is 13.2 Å². The largest absolute Gasteiger partial charge is 0.859 e. The van der Waals surface area contributed by atoms with Crippen molar-refractivity contribution in [1.29, 1.82) is 0 Å². The number of rotatable bonds is 4. The van der Waals surface area contributed by atoms with Crippen molar-refractivity contribution in [3.63, 3.8) is 0 Å². The zero-order valence-corrected chi connectivity index (χ0v) is 13.5. The van der Waals surface area contributed by atoms with Gasteiger partial charge in [-0.15, -0.1) is 0 Å². The molecule has 0 aromatic heterocycles. The van der Waals surface area contributed by atoms with Crippen molar-refractivity contribution >= 4 is 21.9 Å². The van der Waals surface area contributed by atoms with Gasteiger partial charge in [-0.2, -0.15) is 26.0 Å². The van der Waals surface area contributed by atoms with Crippen molar-refractivity contribution in [2.75, 3.05) is 6.61 Å². The topological polar surface area (TPSA) is 95.9 Å². The molecule has 10 heteroatoms. The Morgan fingerprint density at radius 1 is 1.12 bits per heavy atom. The Labute approximate surface area is 137 Å². The maximum Gasteiger partial charge on any atom is 0.518 e. The average molecular weight is 368 g/mol. The Kier molecular flexibility index (Phi) is 4.09. The van der Waals surface area contributed by atoms with Crippen molar-refractivity contribution in [2.24, 2.45) is 27.6 Å². The summed E-state index contributed by atoms with van der Waals surface area (Å²) in [7, 11) is -5.91. The highest BCUT2D eigenvalue weighted by molar-refractivity contribution is 7.91. The number of sulfonamides is 1. The van der Waals surface area contributed by atoms with Crippen molar-refractivity contribution in [2.45, 2.75) is 44.0 Å². The Balaban J connectivity index is 1.64. The fourth-order valence-electron chi connectivity index (χ4n) is 4.85. The number of hydrogen-bond donors (Lipinski definition) is 0. The maximum atomic E-state index is 12.4. The predicted octanol–water partition coefficient (Wildman–Crippen LogP) is 1.35. The van der Waals surface area contributed by atoms with E-state index in [2.05, 4.69) is 4.40 Å². The van der Waals surface area contributed by atoms with Crippen molar-refractivity contribution in [3.8, 4) is 0 Å². The number of esters is 1. The molecule has 4 rings (SSSR count). The first-order valence-corrected chi connectivity index (χ1v) is 9.19. The molecule has 0 unspecified atom stereocenters. The number of nitrogens with zero attached hydrogens (tertiary/aromatic N) is 1. The molecule has 6 nitrogen and oxygen atoms in total. The van der Waals surface area contributed by atoms with E-state index in [1.807, 2.05) is 0 Å². The van der Waals surface area contributed by atoms with Crippen LogP contribution in [-0.2, 0) is 19.6 Å². The second kappa shape index (κ2) is 5.60. The van der Waals surface area contributed by atoms with Gasteiger partial charge in [-0.05, 0) is 56.3 Å². The second-order valence-electron chi connectivity index (χ2n) is 7.18. The fourth-order valence-corrected chi connectivity index (χ4v) is 5.28. The summed E-state index contributed by atoms with van der Waals surface area (Å²) in [5.74, 6) is -0.889. The van der Waals surface area contributed by atoms with Gasteiger partial charge in [-0.25, -0.2) is 0 Å². The summed E-state index contributed by atoms with van der Waals surface area (Å²) in [5, 5.41) is 11.3. The Hall–Kier alpha value is -1.32.